The predicted molar refractivity (Wildman–Crippen MR) is 95.5 cm³/mol. The van der Waals surface area contributed by atoms with Crippen LogP contribution in [0.4, 0.5) is 8.78 Å². The number of carbonyl (C=O) groups excluding carboxylic acids is 1. The van der Waals surface area contributed by atoms with Crippen LogP contribution in [0.5, 0.6) is 0 Å². The Balaban J connectivity index is 1.90. The number of nitrogens with zero attached hydrogens (tertiary/aromatic N) is 3. The second kappa shape index (κ2) is 7.25. The highest BCUT2D eigenvalue weighted by Gasteiger charge is 2.24. The summed E-state index contributed by atoms with van der Waals surface area (Å²) in [6.07, 6.45) is 0. The van der Waals surface area contributed by atoms with E-state index in [0.717, 1.165) is 0 Å². The summed E-state index contributed by atoms with van der Waals surface area (Å²) in [6, 6.07) is 11.9. The number of aromatic nitrogens is 2. The lowest BCUT2D eigenvalue weighted by Gasteiger charge is -2.17. The van der Waals surface area contributed by atoms with Gasteiger partial charge in [0.1, 0.15) is 16.8 Å². The number of benzene rings is 2. The molecule has 2 aromatic carbocycles. The van der Waals surface area contributed by atoms with Crippen molar-refractivity contribution in [3.05, 3.63) is 82.1 Å². The molecule has 0 spiro atoms. The van der Waals surface area contributed by atoms with E-state index < -0.39 is 0 Å². The standard InChI is InChI=1S/C19H16ClF2N3O/c1-12-17(18(20)25(23-12)15-9-7-14(21)8-10-15)19(26)24(2)11-13-5-3-4-6-16(13)22/h3-10H,11H2,1-2H3. The third-order valence-electron chi connectivity index (χ3n) is 4.00. The van der Waals surface area contributed by atoms with Crippen LogP contribution in [0.3, 0.4) is 0 Å². The van der Waals surface area contributed by atoms with E-state index >= 15 is 0 Å². The van der Waals surface area contributed by atoms with E-state index in [1.165, 1.54) is 39.9 Å². The first kappa shape index (κ1) is 18.1. The monoisotopic (exact) mass is 375 g/mol. The molecule has 3 aromatic rings. The average molecular weight is 376 g/mol. The first-order valence-corrected chi connectivity index (χ1v) is 8.26. The van der Waals surface area contributed by atoms with Crippen molar-refractivity contribution in [2.45, 2.75) is 13.5 Å². The lowest BCUT2D eigenvalue weighted by atomic mass is 10.2. The molecule has 0 N–H and O–H groups in total. The summed E-state index contributed by atoms with van der Waals surface area (Å²) >= 11 is 6.36. The molecule has 134 valence electrons. The van der Waals surface area contributed by atoms with Gasteiger partial charge in [-0.05, 0) is 37.3 Å². The summed E-state index contributed by atoms with van der Waals surface area (Å²) in [4.78, 5) is 14.2. The van der Waals surface area contributed by atoms with E-state index in [1.807, 2.05) is 0 Å². The average Bonchev–Trinajstić information content (AvgIpc) is 2.91. The van der Waals surface area contributed by atoms with Crippen molar-refractivity contribution in [3.8, 4) is 5.69 Å². The van der Waals surface area contributed by atoms with Crippen LogP contribution >= 0.6 is 11.6 Å². The van der Waals surface area contributed by atoms with E-state index in [9.17, 15) is 13.6 Å². The van der Waals surface area contributed by atoms with Crippen LogP contribution in [-0.2, 0) is 6.54 Å². The highest BCUT2D eigenvalue weighted by molar-refractivity contribution is 6.33. The van der Waals surface area contributed by atoms with E-state index in [-0.39, 0.29) is 34.8 Å². The summed E-state index contributed by atoms with van der Waals surface area (Å²) in [5.74, 6) is -1.13. The SMILES string of the molecule is Cc1nn(-c2ccc(F)cc2)c(Cl)c1C(=O)N(C)Cc1ccccc1F. The molecule has 1 amide bonds. The van der Waals surface area contributed by atoms with Crippen LogP contribution in [0.15, 0.2) is 48.5 Å². The second-order valence-electron chi connectivity index (χ2n) is 5.89. The summed E-state index contributed by atoms with van der Waals surface area (Å²) in [7, 11) is 1.57. The van der Waals surface area contributed by atoms with Crippen molar-refractivity contribution in [2.24, 2.45) is 0 Å². The van der Waals surface area contributed by atoms with E-state index in [2.05, 4.69) is 5.10 Å². The van der Waals surface area contributed by atoms with Gasteiger partial charge in [0.15, 0.2) is 0 Å². The first-order chi connectivity index (χ1) is 12.4. The van der Waals surface area contributed by atoms with Gasteiger partial charge in [-0.1, -0.05) is 29.8 Å². The third-order valence-corrected chi connectivity index (χ3v) is 4.35. The van der Waals surface area contributed by atoms with Gasteiger partial charge in [0, 0.05) is 19.2 Å². The fraction of sp³-hybridized carbons (Fsp3) is 0.158. The largest absolute Gasteiger partial charge is 0.337 e. The Morgan fingerprint density at radius 3 is 2.46 bits per heavy atom. The van der Waals surface area contributed by atoms with Crippen LogP contribution in [-0.4, -0.2) is 27.6 Å². The number of aryl methyl sites for hydroxylation is 1. The fourth-order valence-electron chi connectivity index (χ4n) is 2.64. The van der Waals surface area contributed by atoms with Gasteiger partial charge in [0.25, 0.3) is 5.91 Å². The Morgan fingerprint density at radius 2 is 1.81 bits per heavy atom. The number of rotatable bonds is 4. The topological polar surface area (TPSA) is 38.1 Å². The lowest BCUT2D eigenvalue weighted by molar-refractivity contribution is 0.0783. The van der Waals surface area contributed by atoms with Gasteiger partial charge >= 0.3 is 0 Å². The number of hydrogen-bond acceptors (Lipinski definition) is 2. The molecule has 0 aliphatic rings. The van der Waals surface area contributed by atoms with Crippen molar-refractivity contribution in [1.29, 1.82) is 0 Å². The van der Waals surface area contributed by atoms with Crippen LogP contribution in [0.2, 0.25) is 5.15 Å². The molecule has 0 saturated carbocycles. The highest BCUT2D eigenvalue weighted by atomic mass is 35.5. The highest BCUT2D eigenvalue weighted by Crippen LogP contribution is 2.25. The Labute approximate surface area is 154 Å². The summed E-state index contributed by atoms with van der Waals surface area (Å²) in [5, 5.41) is 4.40. The van der Waals surface area contributed by atoms with Gasteiger partial charge in [-0.2, -0.15) is 5.10 Å². The summed E-state index contributed by atoms with van der Waals surface area (Å²) < 4.78 is 28.3. The molecule has 0 atom stereocenters. The number of carbonyl (C=O) groups is 1. The number of amides is 1. The zero-order valence-corrected chi connectivity index (χ0v) is 15.0. The molecule has 0 saturated heterocycles. The van der Waals surface area contributed by atoms with Crippen molar-refractivity contribution >= 4 is 17.5 Å². The van der Waals surface area contributed by atoms with Crippen LogP contribution in [0.1, 0.15) is 21.6 Å². The molecular formula is C19H16ClF2N3O. The maximum absolute atomic E-state index is 13.8. The van der Waals surface area contributed by atoms with Crippen LogP contribution in [0.25, 0.3) is 5.69 Å². The maximum atomic E-state index is 13.8. The molecule has 7 heteroatoms. The van der Waals surface area contributed by atoms with Gasteiger partial charge in [0.2, 0.25) is 0 Å². The van der Waals surface area contributed by atoms with E-state index in [0.29, 0.717) is 16.9 Å². The zero-order chi connectivity index (χ0) is 18.8. The third kappa shape index (κ3) is 3.46. The molecule has 1 aromatic heterocycles. The molecule has 26 heavy (non-hydrogen) atoms. The van der Waals surface area contributed by atoms with Crippen molar-refractivity contribution in [3.63, 3.8) is 0 Å². The number of halogens is 3. The molecule has 0 unspecified atom stereocenters. The fourth-order valence-corrected chi connectivity index (χ4v) is 2.99. The van der Waals surface area contributed by atoms with Gasteiger partial charge in [-0.3, -0.25) is 4.79 Å². The van der Waals surface area contributed by atoms with Crippen LogP contribution in [0, 0.1) is 18.6 Å². The van der Waals surface area contributed by atoms with Gasteiger partial charge < -0.3 is 4.90 Å². The molecule has 0 aliphatic carbocycles. The van der Waals surface area contributed by atoms with E-state index in [4.69, 9.17) is 11.6 Å². The molecule has 0 bridgehead atoms. The molecule has 0 aliphatic heterocycles. The minimum atomic E-state index is -0.380. The van der Waals surface area contributed by atoms with Gasteiger partial charge in [-0.25, -0.2) is 13.5 Å². The Bertz CT molecular complexity index is 954. The minimum absolute atomic E-state index is 0.100. The van der Waals surface area contributed by atoms with Crippen molar-refractivity contribution in [1.82, 2.24) is 14.7 Å². The molecule has 0 radical (unpaired) electrons. The van der Waals surface area contributed by atoms with Gasteiger partial charge in [0.05, 0.1) is 16.9 Å². The first-order valence-electron chi connectivity index (χ1n) is 7.88. The predicted octanol–water partition coefficient (Wildman–Crippen LogP) is 4.38. The molecule has 4 nitrogen and oxygen atoms in total. The zero-order valence-electron chi connectivity index (χ0n) is 14.2. The molecule has 3 rings (SSSR count). The Kier molecular flexibility index (Phi) is 5.04. The second-order valence-corrected chi connectivity index (χ2v) is 6.25. The summed E-state index contributed by atoms with van der Waals surface area (Å²) in [6.45, 7) is 1.76. The smallest absolute Gasteiger partial charge is 0.258 e. The molecule has 0 fully saturated rings. The number of hydrogen-bond donors (Lipinski definition) is 0. The van der Waals surface area contributed by atoms with Gasteiger partial charge in [-0.15, -0.1) is 0 Å². The molecule has 1 heterocycles. The van der Waals surface area contributed by atoms with Crippen LogP contribution < -0.4 is 0 Å². The lowest BCUT2D eigenvalue weighted by Crippen LogP contribution is -2.27. The molecular weight excluding hydrogens is 360 g/mol. The normalized spacial score (nSPS) is 10.8. The van der Waals surface area contributed by atoms with E-state index in [1.54, 1.807) is 32.2 Å². The van der Waals surface area contributed by atoms with Crippen molar-refractivity contribution in [2.75, 3.05) is 7.05 Å². The maximum Gasteiger partial charge on any atom is 0.258 e. The Morgan fingerprint density at radius 1 is 1.15 bits per heavy atom. The quantitative estimate of drug-likeness (QED) is 0.678. The Hall–Kier alpha value is -2.73. The minimum Gasteiger partial charge on any atom is -0.337 e. The summed E-state index contributed by atoms with van der Waals surface area (Å²) in [5.41, 5.74) is 1.61. The van der Waals surface area contributed by atoms with Crippen molar-refractivity contribution < 1.29 is 13.6 Å².